The van der Waals surface area contributed by atoms with Gasteiger partial charge in [-0.25, -0.2) is 0 Å². The number of thiophene rings is 1. The molecule has 5 nitrogen and oxygen atoms in total. The predicted molar refractivity (Wildman–Crippen MR) is 124 cm³/mol. The average molecular weight is 442 g/mol. The van der Waals surface area contributed by atoms with E-state index >= 15 is 0 Å². The van der Waals surface area contributed by atoms with Crippen LogP contribution in [0.3, 0.4) is 0 Å². The first kappa shape index (κ1) is 21.0. The SMILES string of the molecule is CC(C)CCNC(=O)C1c2c(n(C)c3ccccc23)SCC(=O)N1Cc1cccs1. The minimum absolute atomic E-state index is 0.00214. The number of thioether (sulfide) groups is 1. The largest absolute Gasteiger partial charge is 0.354 e. The molecule has 0 spiro atoms. The van der Waals surface area contributed by atoms with Crippen molar-refractivity contribution in [1.29, 1.82) is 0 Å². The van der Waals surface area contributed by atoms with Gasteiger partial charge in [0.25, 0.3) is 0 Å². The molecule has 2 amide bonds. The zero-order valence-electron chi connectivity index (χ0n) is 17.6. The molecule has 1 aliphatic heterocycles. The summed E-state index contributed by atoms with van der Waals surface area (Å²) in [6.07, 6.45) is 0.911. The van der Waals surface area contributed by atoms with Crippen molar-refractivity contribution in [3.8, 4) is 0 Å². The van der Waals surface area contributed by atoms with Crippen molar-refractivity contribution < 1.29 is 9.59 Å². The highest BCUT2D eigenvalue weighted by molar-refractivity contribution is 8.00. The van der Waals surface area contributed by atoms with Crippen molar-refractivity contribution in [3.05, 3.63) is 52.2 Å². The maximum atomic E-state index is 13.5. The predicted octanol–water partition coefficient (Wildman–Crippen LogP) is 4.58. The van der Waals surface area contributed by atoms with Crippen LogP contribution in [0.2, 0.25) is 0 Å². The van der Waals surface area contributed by atoms with Crippen molar-refractivity contribution in [2.75, 3.05) is 12.3 Å². The van der Waals surface area contributed by atoms with E-state index in [-0.39, 0.29) is 11.8 Å². The number of benzene rings is 1. The number of aryl methyl sites for hydroxylation is 1. The number of nitrogens with zero attached hydrogens (tertiary/aromatic N) is 2. The van der Waals surface area contributed by atoms with Gasteiger partial charge in [-0.15, -0.1) is 11.3 Å². The van der Waals surface area contributed by atoms with Gasteiger partial charge in [-0.3, -0.25) is 9.59 Å². The molecule has 0 aliphatic carbocycles. The number of aromatic nitrogens is 1. The third-order valence-electron chi connectivity index (χ3n) is 5.50. The molecule has 0 fully saturated rings. The Kier molecular flexibility index (Phi) is 6.20. The number of fused-ring (bicyclic) bond motifs is 3. The smallest absolute Gasteiger partial charge is 0.247 e. The van der Waals surface area contributed by atoms with Crippen LogP contribution < -0.4 is 5.32 Å². The molecule has 30 heavy (non-hydrogen) atoms. The van der Waals surface area contributed by atoms with Gasteiger partial charge in [-0.05, 0) is 29.9 Å². The van der Waals surface area contributed by atoms with Crippen molar-refractivity contribution in [2.24, 2.45) is 13.0 Å². The van der Waals surface area contributed by atoms with Crippen molar-refractivity contribution in [3.63, 3.8) is 0 Å². The van der Waals surface area contributed by atoms with Crippen molar-refractivity contribution >= 4 is 45.8 Å². The number of amides is 2. The molecule has 0 radical (unpaired) electrons. The summed E-state index contributed by atoms with van der Waals surface area (Å²) in [5, 5.41) is 7.16. The molecule has 4 rings (SSSR count). The third kappa shape index (κ3) is 4.01. The number of carbonyl (C=O) groups excluding carboxylic acids is 2. The van der Waals surface area contributed by atoms with Gasteiger partial charge in [0.15, 0.2) is 0 Å². The van der Waals surface area contributed by atoms with Crippen molar-refractivity contribution in [2.45, 2.75) is 37.9 Å². The van der Waals surface area contributed by atoms with Crippen LogP contribution in [-0.4, -0.2) is 33.6 Å². The van der Waals surface area contributed by atoms with E-state index < -0.39 is 6.04 Å². The van der Waals surface area contributed by atoms with Crippen LogP contribution in [0, 0.1) is 5.92 Å². The first-order valence-corrected chi connectivity index (χ1v) is 12.1. The molecule has 7 heteroatoms. The van der Waals surface area contributed by atoms with Gasteiger partial charge < -0.3 is 14.8 Å². The van der Waals surface area contributed by atoms with Gasteiger partial charge in [0.1, 0.15) is 6.04 Å². The number of hydrogen-bond acceptors (Lipinski definition) is 4. The Bertz CT molecular complexity index is 1060. The van der Waals surface area contributed by atoms with Gasteiger partial charge >= 0.3 is 0 Å². The second-order valence-electron chi connectivity index (χ2n) is 8.06. The van der Waals surface area contributed by atoms with E-state index in [2.05, 4.69) is 35.9 Å². The van der Waals surface area contributed by atoms with E-state index in [1.165, 1.54) is 11.8 Å². The average Bonchev–Trinajstić information content (AvgIpc) is 3.29. The molecule has 1 atom stereocenters. The van der Waals surface area contributed by atoms with Crippen LogP contribution >= 0.6 is 23.1 Å². The standard InChI is InChI=1S/C23H27N3O2S2/c1-15(2)10-11-24-22(28)21-20-17-8-4-5-9-18(17)25(3)23(20)30-14-19(27)26(21)13-16-7-6-12-29-16/h4-9,12,15,21H,10-11,13-14H2,1-3H3,(H,24,28). The lowest BCUT2D eigenvalue weighted by Crippen LogP contribution is -2.43. The molecule has 3 heterocycles. The zero-order chi connectivity index (χ0) is 21.3. The summed E-state index contributed by atoms with van der Waals surface area (Å²) >= 11 is 3.14. The van der Waals surface area contributed by atoms with Gasteiger partial charge in [0.2, 0.25) is 11.8 Å². The van der Waals surface area contributed by atoms with Crippen LogP contribution in [-0.2, 0) is 23.2 Å². The minimum atomic E-state index is -0.636. The van der Waals surface area contributed by atoms with Gasteiger partial charge in [0.05, 0.1) is 17.3 Å². The fourth-order valence-corrected chi connectivity index (χ4v) is 5.75. The summed E-state index contributed by atoms with van der Waals surface area (Å²) in [6.45, 7) is 5.34. The van der Waals surface area contributed by atoms with E-state index in [9.17, 15) is 9.59 Å². The van der Waals surface area contributed by atoms with E-state index in [0.717, 1.165) is 32.8 Å². The second kappa shape index (κ2) is 8.86. The van der Waals surface area contributed by atoms with Crippen LogP contribution in [0.4, 0.5) is 0 Å². The number of hydrogen-bond donors (Lipinski definition) is 1. The molecule has 1 aliphatic rings. The van der Waals surface area contributed by atoms with Crippen LogP contribution in [0.15, 0.2) is 46.8 Å². The number of rotatable bonds is 6. The molecule has 3 aromatic rings. The summed E-state index contributed by atoms with van der Waals surface area (Å²) in [5.41, 5.74) is 2.03. The lowest BCUT2D eigenvalue weighted by atomic mass is 10.0. The molecular weight excluding hydrogens is 414 g/mol. The third-order valence-corrected chi connectivity index (χ3v) is 7.52. The molecule has 1 aromatic carbocycles. The van der Waals surface area contributed by atoms with Crippen LogP contribution in [0.25, 0.3) is 10.9 Å². The fourth-order valence-electron chi connectivity index (χ4n) is 3.95. The Morgan fingerprint density at radius 3 is 2.77 bits per heavy atom. The first-order chi connectivity index (χ1) is 14.5. The number of para-hydroxylation sites is 1. The zero-order valence-corrected chi connectivity index (χ0v) is 19.2. The normalized spacial score (nSPS) is 16.7. The molecule has 0 saturated heterocycles. The number of carbonyl (C=O) groups is 2. The summed E-state index contributed by atoms with van der Waals surface area (Å²) in [6, 6.07) is 11.5. The highest BCUT2D eigenvalue weighted by Crippen LogP contribution is 2.42. The molecule has 0 bridgehead atoms. The lowest BCUT2D eigenvalue weighted by Gasteiger charge is -2.29. The maximum absolute atomic E-state index is 13.5. The topological polar surface area (TPSA) is 54.3 Å². The van der Waals surface area contributed by atoms with Crippen molar-refractivity contribution in [1.82, 2.24) is 14.8 Å². The van der Waals surface area contributed by atoms with E-state index in [4.69, 9.17) is 0 Å². The molecule has 2 aromatic heterocycles. The molecule has 1 N–H and O–H groups in total. The van der Waals surface area contributed by atoms with Crippen LogP contribution in [0.1, 0.15) is 36.8 Å². The molecule has 158 valence electrons. The highest BCUT2D eigenvalue weighted by atomic mass is 32.2. The maximum Gasteiger partial charge on any atom is 0.247 e. The lowest BCUT2D eigenvalue weighted by molar-refractivity contribution is -0.139. The Morgan fingerprint density at radius 1 is 1.23 bits per heavy atom. The monoisotopic (exact) mass is 441 g/mol. The van der Waals surface area contributed by atoms with Crippen LogP contribution in [0.5, 0.6) is 0 Å². The Hall–Kier alpha value is -2.25. The van der Waals surface area contributed by atoms with Gasteiger partial charge in [-0.2, -0.15) is 0 Å². The number of nitrogens with one attached hydrogen (secondary N) is 1. The Morgan fingerprint density at radius 2 is 2.03 bits per heavy atom. The molecule has 0 saturated carbocycles. The van der Waals surface area contributed by atoms with E-state index in [1.807, 2.05) is 36.7 Å². The Balaban J connectivity index is 1.80. The fraction of sp³-hybridized carbons (Fsp3) is 0.391. The van der Waals surface area contributed by atoms with Gasteiger partial charge in [0, 0.05) is 34.9 Å². The second-order valence-corrected chi connectivity index (χ2v) is 10.1. The van der Waals surface area contributed by atoms with E-state index in [0.29, 0.717) is 24.8 Å². The minimum Gasteiger partial charge on any atom is -0.354 e. The summed E-state index contributed by atoms with van der Waals surface area (Å²) in [5.74, 6) is 0.739. The first-order valence-electron chi connectivity index (χ1n) is 10.3. The molecular formula is C23H27N3O2S2. The quantitative estimate of drug-likeness (QED) is 0.609. The summed E-state index contributed by atoms with van der Waals surface area (Å²) < 4.78 is 2.12. The summed E-state index contributed by atoms with van der Waals surface area (Å²) in [4.78, 5) is 29.5. The molecule has 1 unspecified atom stereocenters. The van der Waals surface area contributed by atoms with E-state index in [1.54, 1.807) is 16.2 Å². The Labute approximate surface area is 185 Å². The van der Waals surface area contributed by atoms with Gasteiger partial charge in [-0.1, -0.05) is 49.9 Å². The summed E-state index contributed by atoms with van der Waals surface area (Å²) in [7, 11) is 2.02. The highest BCUT2D eigenvalue weighted by Gasteiger charge is 2.38.